The number of hydrogen-bond donors (Lipinski definition) is 1. The topological polar surface area (TPSA) is 103 Å². The van der Waals surface area contributed by atoms with E-state index in [4.69, 9.17) is 18.9 Å². The molecular weight excluding hydrogens is 572 g/mol. The lowest BCUT2D eigenvalue weighted by atomic mass is 9.98. The predicted octanol–water partition coefficient (Wildman–Crippen LogP) is 6.02. The summed E-state index contributed by atoms with van der Waals surface area (Å²) in [7, 11) is 4.32. The molecule has 0 aliphatic heterocycles. The first-order chi connectivity index (χ1) is 21.9. The van der Waals surface area contributed by atoms with Crippen LogP contribution in [0, 0.1) is 0 Å². The van der Waals surface area contributed by atoms with Crippen LogP contribution in [0.2, 0.25) is 0 Å². The van der Waals surface area contributed by atoms with Crippen molar-refractivity contribution in [3.8, 4) is 22.6 Å². The molecule has 2 amide bonds. The third-order valence-corrected chi connectivity index (χ3v) is 7.95. The number of esters is 1. The lowest BCUT2D eigenvalue weighted by Gasteiger charge is -2.33. The Morgan fingerprint density at radius 1 is 0.911 bits per heavy atom. The van der Waals surface area contributed by atoms with Crippen molar-refractivity contribution in [2.24, 2.45) is 0 Å². The van der Waals surface area contributed by atoms with E-state index < -0.39 is 30.1 Å². The average molecular weight is 613 g/mol. The molecule has 0 fully saturated rings. The summed E-state index contributed by atoms with van der Waals surface area (Å²) in [6.45, 7) is 7.63. The molecule has 236 valence electrons. The molecule has 0 unspecified atom stereocenters. The van der Waals surface area contributed by atoms with Crippen LogP contribution in [0.5, 0.6) is 11.5 Å². The number of allylic oxidation sites excluding steroid dienone is 1. The molecule has 3 aromatic carbocycles. The first-order valence-corrected chi connectivity index (χ1v) is 14.8. The third-order valence-electron chi connectivity index (χ3n) is 7.95. The zero-order valence-electron chi connectivity index (χ0n) is 26.0. The zero-order chi connectivity index (χ0) is 32.3. The molecule has 0 saturated heterocycles. The molecule has 3 aromatic rings. The molecule has 0 bridgehead atoms. The number of rotatable bonds is 15. The highest BCUT2D eigenvalue weighted by molar-refractivity contribution is 5.90. The molecule has 1 N–H and O–H groups in total. The summed E-state index contributed by atoms with van der Waals surface area (Å²) in [4.78, 5) is 41.9. The van der Waals surface area contributed by atoms with Gasteiger partial charge in [0.15, 0.2) is 0 Å². The van der Waals surface area contributed by atoms with Crippen molar-refractivity contribution in [1.82, 2.24) is 10.2 Å². The summed E-state index contributed by atoms with van der Waals surface area (Å²) >= 11 is 0. The number of benzene rings is 3. The van der Waals surface area contributed by atoms with Crippen molar-refractivity contribution in [3.05, 3.63) is 109 Å². The van der Waals surface area contributed by atoms with E-state index in [1.807, 2.05) is 36.4 Å². The highest BCUT2D eigenvalue weighted by Crippen LogP contribution is 2.44. The van der Waals surface area contributed by atoms with Crippen LogP contribution < -0.4 is 14.8 Å². The molecule has 0 radical (unpaired) electrons. The fraction of sp³-hybridized carbons (Fsp3) is 0.306. The fourth-order valence-electron chi connectivity index (χ4n) is 5.68. The SMILES string of the molecule is C=CCC[C@H](NC(=O)OCC1c2ccccc2-c2ccccc21)C(=O)N(Cc1ccc(OC)cc1OC)[C@@H](CC=C)C(=O)OC. The van der Waals surface area contributed by atoms with E-state index in [2.05, 4.69) is 30.6 Å². The van der Waals surface area contributed by atoms with Gasteiger partial charge in [0.1, 0.15) is 30.2 Å². The van der Waals surface area contributed by atoms with E-state index in [0.29, 0.717) is 23.5 Å². The maximum Gasteiger partial charge on any atom is 0.407 e. The van der Waals surface area contributed by atoms with Gasteiger partial charge in [-0.1, -0.05) is 60.7 Å². The van der Waals surface area contributed by atoms with Gasteiger partial charge in [-0.3, -0.25) is 4.79 Å². The largest absolute Gasteiger partial charge is 0.497 e. The fourth-order valence-corrected chi connectivity index (χ4v) is 5.68. The van der Waals surface area contributed by atoms with Crippen molar-refractivity contribution in [2.75, 3.05) is 27.9 Å². The first-order valence-electron chi connectivity index (χ1n) is 14.8. The number of carbonyl (C=O) groups is 3. The second kappa shape index (κ2) is 15.6. The van der Waals surface area contributed by atoms with Crippen molar-refractivity contribution in [3.63, 3.8) is 0 Å². The molecule has 0 spiro atoms. The minimum atomic E-state index is -1.01. The van der Waals surface area contributed by atoms with Crippen molar-refractivity contribution in [1.29, 1.82) is 0 Å². The van der Waals surface area contributed by atoms with Crippen molar-refractivity contribution >= 4 is 18.0 Å². The van der Waals surface area contributed by atoms with Crippen LogP contribution in [0.3, 0.4) is 0 Å². The number of alkyl carbamates (subject to hydrolysis) is 1. The van der Waals surface area contributed by atoms with Gasteiger partial charge in [0.2, 0.25) is 5.91 Å². The summed E-state index contributed by atoms with van der Waals surface area (Å²) in [6, 6.07) is 19.3. The number of carbonyl (C=O) groups excluding carboxylic acids is 3. The summed E-state index contributed by atoms with van der Waals surface area (Å²) in [6.07, 6.45) is 3.29. The van der Waals surface area contributed by atoms with Gasteiger partial charge in [-0.25, -0.2) is 9.59 Å². The molecule has 0 heterocycles. The van der Waals surface area contributed by atoms with Gasteiger partial charge in [0.05, 0.1) is 27.9 Å². The van der Waals surface area contributed by atoms with E-state index in [1.165, 1.54) is 19.1 Å². The second-order valence-corrected chi connectivity index (χ2v) is 10.6. The van der Waals surface area contributed by atoms with Gasteiger partial charge in [0, 0.05) is 17.5 Å². The number of amides is 2. The van der Waals surface area contributed by atoms with E-state index in [9.17, 15) is 14.4 Å². The van der Waals surface area contributed by atoms with Crippen LogP contribution in [-0.2, 0) is 25.6 Å². The number of fused-ring (bicyclic) bond motifs is 3. The quantitative estimate of drug-likeness (QED) is 0.165. The Hall–Kier alpha value is -5.05. The molecule has 4 rings (SSSR count). The van der Waals surface area contributed by atoms with Gasteiger partial charge in [-0.15, -0.1) is 13.2 Å². The van der Waals surface area contributed by atoms with Gasteiger partial charge in [0.25, 0.3) is 0 Å². The van der Waals surface area contributed by atoms with Gasteiger partial charge in [-0.05, 0) is 53.6 Å². The van der Waals surface area contributed by atoms with Gasteiger partial charge in [-0.2, -0.15) is 0 Å². The first kappa shape index (κ1) is 32.9. The molecule has 45 heavy (non-hydrogen) atoms. The van der Waals surface area contributed by atoms with Crippen LogP contribution in [0.25, 0.3) is 11.1 Å². The monoisotopic (exact) mass is 612 g/mol. The number of ether oxygens (including phenoxy) is 4. The Morgan fingerprint density at radius 2 is 1.58 bits per heavy atom. The van der Waals surface area contributed by atoms with E-state index in [1.54, 1.807) is 37.5 Å². The van der Waals surface area contributed by atoms with E-state index >= 15 is 0 Å². The number of nitrogens with zero attached hydrogens (tertiary/aromatic N) is 1. The van der Waals surface area contributed by atoms with Crippen LogP contribution in [0.4, 0.5) is 4.79 Å². The molecule has 1 aliphatic carbocycles. The summed E-state index contributed by atoms with van der Waals surface area (Å²) in [5.41, 5.74) is 5.02. The van der Waals surface area contributed by atoms with Crippen molar-refractivity contribution < 1.29 is 33.3 Å². The molecule has 0 aromatic heterocycles. The minimum Gasteiger partial charge on any atom is -0.497 e. The zero-order valence-corrected chi connectivity index (χ0v) is 26.0. The number of hydrogen-bond acceptors (Lipinski definition) is 7. The highest BCUT2D eigenvalue weighted by atomic mass is 16.5. The average Bonchev–Trinajstić information content (AvgIpc) is 3.40. The maximum atomic E-state index is 14.3. The van der Waals surface area contributed by atoms with Gasteiger partial charge < -0.3 is 29.2 Å². The molecule has 1 aliphatic rings. The predicted molar refractivity (Wildman–Crippen MR) is 172 cm³/mol. The third kappa shape index (κ3) is 7.55. The molecular formula is C36H40N2O7. The second-order valence-electron chi connectivity index (χ2n) is 10.6. The smallest absolute Gasteiger partial charge is 0.407 e. The molecule has 2 atom stereocenters. The summed E-state index contributed by atoms with van der Waals surface area (Å²) in [5, 5.41) is 2.76. The van der Waals surface area contributed by atoms with E-state index in [-0.39, 0.29) is 31.9 Å². The van der Waals surface area contributed by atoms with Gasteiger partial charge >= 0.3 is 12.1 Å². The van der Waals surface area contributed by atoms with Crippen LogP contribution in [0.1, 0.15) is 41.9 Å². The van der Waals surface area contributed by atoms with Crippen LogP contribution in [-0.4, -0.2) is 62.9 Å². The summed E-state index contributed by atoms with van der Waals surface area (Å²) in [5.74, 6) is -0.188. The molecule has 9 heteroatoms. The van der Waals surface area contributed by atoms with Crippen molar-refractivity contribution in [2.45, 2.75) is 43.8 Å². The maximum absolute atomic E-state index is 14.3. The number of methoxy groups -OCH3 is 3. The van der Waals surface area contributed by atoms with E-state index in [0.717, 1.165) is 22.3 Å². The Kier molecular flexibility index (Phi) is 11.4. The minimum absolute atomic E-state index is 0.00341. The lowest BCUT2D eigenvalue weighted by molar-refractivity contribution is -0.154. The summed E-state index contributed by atoms with van der Waals surface area (Å²) < 4.78 is 21.7. The van der Waals surface area contributed by atoms with Crippen LogP contribution in [0.15, 0.2) is 92.0 Å². The number of nitrogens with one attached hydrogen (secondary N) is 1. The Morgan fingerprint density at radius 3 is 2.16 bits per heavy atom. The van der Waals surface area contributed by atoms with Crippen LogP contribution >= 0.6 is 0 Å². The highest BCUT2D eigenvalue weighted by Gasteiger charge is 2.36. The Balaban J connectivity index is 1.58. The molecule has 0 saturated carbocycles. The standard InChI is InChI=1S/C36H40N2O7/c1-6-8-18-31(37-36(41)45-23-30-28-16-11-9-14-26(28)27-15-10-12-17-29(27)30)34(39)38(32(13-7-2)35(40)44-5)22-24-19-20-25(42-3)21-33(24)43-4/h6-7,9-12,14-17,19-21,30-32H,1-2,8,13,18,22-23H2,3-5H3,(H,37,41)/t31-,32-/m0/s1. The Bertz CT molecular complexity index is 1490. The lowest BCUT2D eigenvalue weighted by Crippen LogP contribution is -2.53. The normalized spacial score (nSPS) is 13.0. The Labute approximate surface area is 264 Å². The molecule has 9 nitrogen and oxygen atoms in total.